The average Bonchev–Trinajstić information content (AvgIpc) is 2.39. The van der Waals surface area contributed by atoms with Gasteiger partial charge in [-0.15, -0.1) is 0 Å². The maximum atomic E-state index is 12.2. The van der Waals surface area contributed by atoms with Crippen molar-refractivity contribution < 1.29 is 19.4 Å². The summed E-state index contributed by atoms with van der Waals surface area (Å²) in [5.41, 5.74) is 6.07. The lowest BCUT2D eigenvalue weighted by Crippen LogP contribution is -2.55. The Kier molecular flexibility index (Phi) is 10.2. The first-order chi connectivity index (χ1) is 9.38. The van der Waals surface area contributed by atoms with Crippen molar-refractivity contribution in [2.45, 2.75) is 57.4 Å². The molecule has 120 valence electrons. The van der Waals surface area contributed by atoms with Crippen molar-refractivity contribution >= 4 is 17.7 Å². The number of rotatable bonds is 10. The first-order valence-electron chi connectivity index (χ1n) is 6.88. The number of ether oxygens (including phenoxy) is 2. The number of carbonyl (C=O) groups excluding carboxylic acids is 1. The van der Waals surface area contributed by atoms with Crippen LogP contribution >= 0.6 is 11.8 Å². The van der Waals surface area contributed by atoms with Crippen LogP contribution in [-0.4, -0.2) is 60.2 Å². The molecular formula is C13H28N2O4S. The molecule has 6 nitrogen and oxygen atoms in total. The van der Waals surface area contributed by atoms with E-state index < -0.39 is 24.5 Å². The van der Waals surface area contributed by atoms with Gasteiger partial charge in [-0.25, -0.2) is 0 Å². The minimum absolute atomic E-state index is 0.0998. The van der Waals surface area contributed by atoms with E-state index in [9.17, 15) is 9.90 Å². The summed E-state index contributed by atoms with van der Waals surface area (Å²) in [7, 11) is 1.46. The molecule has 0 aliphatic heterocycles. The number of aliphatic hydroxyl groups excluding tert-OH is 1. The van der Waals surface area contributed by atoms with Crippen molar-refractivity contribution in [2.24, 2.45) is 5.73 Å². The van der Waals surface area contributed by atoms with Crippen LogP contribution in [0.3, 0.4) is 0 Å². The van der Waals surface area contributed by atoms with E-state index >= 15 is 0 Å². The maximum absolute atomic E-state index is 12.2. The van der Waals surface area contributed by atoms with Crippen LogP contribution in [0.4, 0.5) is 0 Å². The summed E-state index contributed by atoms with van der Waals surface area (Å²) in [6.07, 6.45) is -1.79. The highest BCUT2D eigenvalue weighted by Crippen LogP contribution is 2.16. The molecule has 0 aromatic carbocycles. The van der Waals surface area contributed by atoms with E-state index in [2.05, 4.69) is 5.32 Å². The summed E-state index contributed by atoms with van der Waals surface area (Å²) >= 11 is 1.67. The molecule has 0 aliphatic carbocycles. The van der Waals surface area contributed by atoms with E-state index in [1.807, 2.05) is 13.8 Å². The molecule has 1 amide bonds. The van der Waals surface area contributed by atoms with Gasteiger partial charge in [0, 0.05) is 19.0 Å². The molecule has 0 radical (unpaired) electrons. The van der Waals surface area contributed by atoms with Crippen molar-refractivity contribution in [3.8, 4) is 0 Å². The van der Waals surface area contributed by atoms with Gasteiger partial charge in [-0.3, -0.25) is 4.79 Å². The van der Waals surface area contributed by atoms with E-state index in [0.717, 1.165) is 5.75 Å². The molecule has 0 aromatic rings. The Bertz CT molecular complexity index is 281. The summed E-state index contributed by atoms with van der Waals surface area (Å²) in [6.45, 7) is 7.82. The lowest BCUT2D eigenvalue weighted by molar-refractivity contribution is -0.142. The molecule has 0 heterocycles. The van der Waals surface area contributed by atoms with Crippen LogP contribution in [0.25, 0.3) is 0 Å². The first kappa shape index (κ1) is 19.7. The highest BCUT2D eigenvalue weighted by molar-refractivity contribution is 7.99. The van der Waals surface area contributed by atoms with E-state index in [-0.39, 0.29) is 11.2 Å². The first-order valence-corrected chi connectivity index (χ1v) is 7.93. The van der Waals surface area contributed by atoms with Crippen molar-refractivity contribution in [1.82, 2.24) is 5.32 Å². The average molecular weight is 308 g/mol. The fraction of sp³-hybridized carbons (Fsp3) is 0.923. The molecule has 0 saturated heterocycles. The molecular weight excluding hydrogens is 280 g/mol. The van der Waals surface area contributed by atoms with Gasteiger partial charge in [0.15, 0.2) is 12.4 Å². The van der Waals surface area contributed by atoms with Crippen LogP contribution in [-0.2, 0) is 14.3 Å². The van der Waals surface area contributed by atoms with Crippen molar-refractivity contribution in [3.63, 3.8) is 0 Å². The summed E-state index contributed by atoms with van der Waals surface area (Å²) < 4.78 is 10.2. The van der Waals surface area contributed by atoms with E-state index in [1.165, 1.54) is 7.11 Å². The largest absolute Gasteiger partial charge is 0.370 e. The fourth-order valence-corrected chi connectivity index (χ4v) is 2.64. The second kappa shape index (κ2) is 10.4. The molecule has 5 atom stereocenters. The van der Waals surface area contributed by atoms with Crippen LogP contribution in [0.5, 0.6) is 0 Å². The second-order valence-corrected chi connectivity index (χ2v) is 6.19. The Morgan fingerprint density at radius 2 is 2.00 bits per heavy atom. The SMILES string of the molecule is CCOC(O)[C@@H](C)NC(=O)C(OC)[C@@H](N)C(C)SCC. The molecule has 0 spiro atoms. The molecule has 0 saturated carbocycles. The topological polar surface area (TPSA) is 93.8 Å². The Morgan fingerprint density at radius 1 is 1.40 bits per heavy atom. The van der Waals surface area contributed by atoms with Crippen LogP contribution in [0.15, 0.2) is 0 Å². The van der Waals surface area contributed by atoms with Gasteiger partial charge in [-0.2, -0.15) is 11.8 Å². The molecule has 0 bridgehead atoms. The maximum Gasteiger partial charge on any atom is 0.251 e. The van der Waals surface area contributed by atoms with E-state index in [4.69, 9.17) is 15.2 Å². The third-order valence-electron chi connectivity index (χ3n) is 2.97. The molecule has 0 rings (SSSR count). The Hall–Kier alpha value is -0.340. The molecule has 0 aliphatic rings. The number of nitrogens with one attached hydrogen (secondary N) is 1. The van der Waals surface area contributed by atoms with Crippen molar-refractivity contribution in [1.29, 1.82) is 0 Å². The Balaban J connectivity index is 4.53. The molecule has 0 aromatic heterocycles. The predicted molar refractivity (Wildman–Crippen MR) is 81.6 cm³/mol. The molecule has 4 N–H and O–H groups in total. The van der Waals surface area contributed by atoms with Crippen LogP contribution in [0.2, 0.25) is 0 Å². The standard InChI is InChI=1S/C13H28N2O4S/c1-6-19-13(17)8(3)15-12(16)11(18-5)10(14)9(4)20-7-2/h8-11,13,17H,6-7,14H2,1-5H3,(H,15,16)/t8-,9?,10+,11?,13?/m1/s1. The third-order valence-corrected chi connectivity index (χ3v) is 4.14. The third kappa shape index (κ3) is 6.41. The van der Waals surface area contributed by atoms with Crippen molar-refractivity contribution in [3.05, 3.63) is 0 Å². The van der Waals surface area contributed by atoms with E-state index in [1.54, 1.807) is 25.6 Å². The molecule has 3 unspecified atom stereocenters. The summed E-state index contributed by atoms with van der Waals surface area (Å²) in [5.74, 6) is 0.585. The van der Waals surface area contributed by atoms with Crippen molar-refractivity contribution in [2.75, 3.05) is 19.5 Å². The number of hydrogen-bond donors (Lipinski definition) is 3. The molecule has 20 heavy (non-hydrogen) atoms. The zero-order valence-electron chi connectivity index (χ0n) is 13.0. The van der Waals surface area contributed by atoms with Gasteiger partial charge in [0.1, 0.15) is 0 Å². The smallest absolute Gasteiger partial charge is 0.251 e. The van der Waals surface area contributed by atoms with Gasteiger partial charge < -0.3 is 25.6 Å². The lowest BCUT2D eigenvalue weighted by atomic mass is 10.1. The zero-order chi connectivity index (χ0) is 15.7. The van der Waals surface area contributed by atoms with Crippen LogP contribution in [0.1, 0.15) is 27.7 Å². The Morgan fingerprint density at radius 3 is 2.45 bits per heavy atom. The molecule has 0 fully saturated rings. The number of aliphatic hydroxyl groups is 1. The summed E-state index contributed by atoms with van der Waals surface area (Å²) in [6, 6.07) is -0.942. The second-order valence-electron chi connectivity index (χ2n) is 4.54. The van der Waals surface area contributed by atoms with Gasteiger partial charge in [-0.1, -0.05) is 13.8 Å². The number of amides is 1. The minimum atomic E-state index is -1.04. The monoisotopic (exact) mass is 308 g/mol. The number of methoxy groups -OCH3 is 1. The Labute approximate surface area is 125 Å². The van der Waals surface area contributed by atoms with Gasteiger partial charge in [0.25, 0.3) is 5.91 Å². The van der Waals surface area contributed by atoms with Gasteiger partial charge in [0.2, 0.25) is 0 Å². The number of thioether (sulfide) groups is 1. The van der Waals surface area contributed by atoms with Gasteiger partial charge >= 0.3 is 0 Å². The lowest BCUT2D eigenvalue weighted by Gasteiger charge is -2.28. The summed E-state index contributed by atoms with van der Waals surface area (Å²) in [4.78, 5) is 12.2. The quantitative estimate of drug-likeness (QED) is 0.504. The predicted octanol–water partition coefficient (Wildman–Crippen LogP) is 0.330. The number of hydrogen-bond acceptors (Lipinski definition) is 6. The van der Waals surface area contributed by atoms with Gasteiger partial charge in [-0.05, 0) is 19.6 Å². The minimum Gasteiger partial charge on any atom is -0.370 e. The van der Waals surface area contributed by atoms with Gasteiger partial charge in [0.05, 0.1) is 12.1 Å². The zero-order valence-corrected chi connectivity index (χ0v) is 13.8. The number of nitrogens with two attached hydrogens (primary N) is 1. The fourth-order valence-electron chi connectivity index (χ4n) is 1.75. The normalized spacial score (nSPS) is 18.9. The van der Waals surface area contributed by atoms with Crippen LogP contribution in [0, 0.1) is 0 Å². The highest BCUT2D eigenvalue weighted by Gasteiger charge is 2.31. The number of carbonyl (C=O) groups is 1. The van der Waals surface area contributed by atoms with Crippen LogP contribution < -0.4 is 11.1 Å². The highest BCUT2D eigenvalue weighted by atomic mass is 32.2. The molecule has 7 heteroatoms. The summed E-state index contributed by atoms with van der Waals surface area (Å²) in [5, 5.41) is 12.4. The van der Waals surface area contributed by atoms with E-state index in [0.29, 0.717) is 6.61 Å².